The molecule has 2 aromatic heterocycles. The summed E-state index contributed by atoms with van der Waals surface area (Å²) < 4.78 is 1.98. The highest BCUT2D eigenvalue weighted by atomic mass is 16.3. The van der Waals surface area contributed by atoms with Crippen molar-refractivity contribution in [1.82, 2.24) is 9.38 Å². The van der Waals surface area contributed by atoms with Crippen molar-refractivity contribution in [2.75, 3.05) is 12.4 Å². The molecule has 0 saturated carbocycles. The van der Waals surface area contributed by atoms with Gasteiger partial charge in [0.25, 0.3) is 0 Å². The van der Waals surface area contributed by atoms with Crippen LogP contribution in [0, 0.1) is 0 Å². The van der Waals surface area contributed by atoms with Crippen molar-refractivity contribution < 1.29 is 5.11 Å². The monoisotopic (exact) mass is 239 g/mol. The van der Waals surface area contributed by atoms with E-state index in [0.29, 0.717) is 0 Å². The van der Waals surface area contributed by atoms with E-state index in [1.54, 1.807) is 12.1 Å². The lowest BCUT2D eigenvalue weighted by atomic mass is 10.2. The highest BCUT2D eigenvalue weighted by molar-refractivity contribution is 5.65. The molecule has 0 radical (unpaired) electrons. The summed E-state index contributed by atoms with van der Waals surface area (Å²) in [7, 11) is 1.88. The third-order valence-electron chi connectivity index (χ3n) is 2.91. The van der Waals surface area contributed by atoms with E-state index in [0.717, 1.165) is 22.6 Å². The summed E-state index contributed by atoms with van der Waals surface area (Å²) >= 11 is 0. The summed E-state index contributed by atoms with van der Waals surface area (Å²) in [5.41, 5.74) is 3.81. The van der Waals surface area contributed by atoms with E-state index < -0.39 is 0 Å². The van der Waals surface area contributed by atoms with Crippen LogP contribution in [-0.4, -0.2) is 21.5 Å². The first-order valence-corrected chi connectivity index (χ1v) is 5.72. The number of hydrogen-bond donors (Lipinski definition) is 2. The van der Waals surface area contributed by atoms with Crippen LogP contribution in [0.15, 0.2) is 48.8 Å². The van der Waals surface area contributed by atoms with Gasteiger partial charge < -0.3 is 14.8 Å². The third-order valence-corrected chi connectivity index (χ3v) is 2.91. The molecule has 4 nitrogen and oxygen atoms in total. The average Bonchev–Trinajstić information content (AvgIpc) is 2.82. The van der Waals surface area contributed by atoms with Crippen LogP contribution in [0.5, 0.6) is 5.75 Å². The first kappa shape index (κ1) is 10.7. The van der Waals surface area contributed by atoms with Crippen molar-refractivity contribution in [3.05, 3.63) is 48.8 Å². The van der Waals surface area contributed by atoms with Gasteiger partial charge in [0.2, 0.25) is 0 Å². The Hall–Kier alpha value is -2.49. The number of aromatic nitrogens is 2. The van der Waals surface area contributed by atoms with Crippen LogP contribution in [0.25, 0.3) is 16.9 Å². The molecule has 2 heterocycles. The molecule has 0 aliphatic carbocycles. The Kier molecular flexibility index (Phi) is 2.41. The van der Waals surface area contributed by atoms with Crippen molar-refractivity contribution in [2.24, 2.45) is 0 Å². The predicted molar refractivity (Wildman–Crippen MR) is 71.8 cm³/mol. The van der Waals surface area contributed by atoms with E-state index in [4.69, 9.17) is 0 Å². The van der Waals surface area contributed by atoms with Crippen molar-refractivity contribution >= 4 is 11.3 Å². The van der Waals surface area contributed by atoms with Gasteiger partial charge in [-0.05, 0) is 30.3 Å². The molecule has 18 heavy (non-hydrogen) atoms. The molecule has 3 aromatic rings. The number of rotatable bonds is 2. The van der Waals surface area contributed by atoms with Gasteiger partial charge in [0.15, 0.2) is 0 Å². The van der Waals surface area contributed by atoms with Gasteiger partial charge in [0.1, 0.15) is 11.4 Å². The summed E-state index contributed by atoms with van der Waals surface area (Å²) in [5.74, 6) is 0.264. The maximum atomic E-state index is 9.28. The van der Waals surface area contributed by atoms with E-state index in [1.807, 2.05) is 48.1 Å². The van der Waals surface area contributed by atoms with Gasteiger partial charge >= 0.3 is 0 Å². The minimum absolute atomic E-state index is 0.264. The van der Waals surface area contributed by atoms with Crippen LogP contribution >= 0.6 is 0 Å². The molecule has 0 fully saturated rings. The molecule has 0 atom stereocenters. The first-order valence-electron chi connectivity index (χ1n) is 5.72. The summed E-state index contributed by atoms with van der Waals surface area (Å²) in [4.78, 5) is 4.56. The zero-order valence-electron chi connectivity index (χ0n) is 9.96. The Morgan fingerprint density at radius 1 is 1.17 bits per heavy atom. The van der Waals surface area contributed by atoms with Crippen molar-refractivity contribution in [2.45, 2.75) is 0 Å². The second-order valence-electron chi connectivity index (χ2n) is 4.10. The zero-order valence-corrected chi connectivity index (χ0v) is 9.96. The van der Waals surface area contributed by atoms with Gasteiger partial charge in [-0.2, -0.15) is 0 Å². The third kappa shape index (κ3) is 1.78. The molecule has 0 aliphatic rings. The Balaban J connectivity index is 2.10. The second kappa shape index (κ2) is 4.07. The fraction of sp³-hybridized carbons (Fsp3) is 0.0714. The number of aromatic hydroxyl groups is 1. The Labute approximate surface area is 105 Å². The number of imidazole rings is 1. The lowest BCUT2D eigenvalue weighted by Crippen LogP contribution is -1.89. The predicted octanol–water partition coefficient (Wildman–Crippen LogP) is 2.75. The maximum absolute atomic E-state index is 9.28. The second-order valence-corrected chi connectivity index (χ2v) is 4.10. The average molecular weight is 239 g/mol. The largest absolute Gasteiger partial charge is 0.508 e. The highest BCUT2D eigenvalue weighted by Gasteiger charge is 2.04. The topological polar surface area (TPSA) is 49.6 Å². The van der Waals surface area contributed by atoms with Crippen LogP contribution in [-0.2, 0) is 0 Å². The maximum Gasteiger partial charge on any atom is 0.139 e. The summed E-state index contributed by atoms with van der Waals surface area (Å²) in [6.45, 7) is 0. The number of phenols is 1. The fourth-order valence-electron chi connectivity index (χ4n) is 1.91. The van der Waals surface area contributed by atoms with E-state index in [9.17, 15) is 5.11 Å². The van der Waals surface area contributed by atoms with Gasteiger partial charge in [0.05, 0.1) is 5.69 Å². The number of anilines is 1. The Bertz CT molecular complexity index is 686. The summed E-state index contributed by atoms with van der Waals surface area (Å²) in [6.07, 6.45) is 3.94. The van der Waals surface area contributed by atoms with E-state index >= 15 is 0 Å². The molecular weight excluding hydrogens is 226 g/mol. The number of nitrogens with one attached hydrogen (secondary N) is 1. The standard InChI is InChI=1S/C14H13N3O/c1-15-11-6-7-17-9-13(16-14(17)8-11)10-2-4-12(18)5-3-10/h2-9,15,18H,1H3. The first-order chi connectivity index (χ1) is 8.76. The van der Waals surface area contributed by atoms with E-state index in [2.05, 4.69) is 10.3 Å². The normalized spacial score (nSPS) is 10.7. The minimum Gasteiger partial charge on any atom is -0.508 e. The molecule has 3 rings (SSSR count). The van der Waals surface area contributed by atoms with Crippen LogP contribution in [0.2, 0.25) is 0 Å². The smallest absolute Gasteiger partial charge is 0.139 e. The fourth-order valence-corrected chi connectivity index (χ4v) is 1.91. The minimum atomic E-state index is 0.264. The van der Waals surface area contributed by atoms with Crippen LogP contribution in [0.1, 0.15) is 0 Å². The molecule has 0 bridgehead atoms. The molecule has 0 amide bonds. The number of nitrogens with zero attached hydrogens (tertiary/aromatic N) is 2. The lowest BCUT2D eigenvalue weighted by Gasteiger charge is -1.98. The number of hydrogen-bond acceptors (Lipinski definition) is 3. The molecule has 0 aliphatic heterocycles. The molecular formula is C14H13N3O. The van der Waals surface area contributed by atoms with Gasteiger partial charge in [-0.15, -0.1) is 0 Å². The SMILES string of the molecule is CNc1ccn2cc(-c3ccc(O)cc3)nc2c1. The highest BCUT2D eigenvalue weighted by Crippen LogP contribution is 2.22. The van der Waals surface area contributed by atoms with Crippen LogP contribution < -0.4 is 5.32 Å². The molecule has 0 spiro atoms. The Morgan fingerprint density at radius 3 is 2.67 bits per heavy atom. The van der Waals surface area contributed by atoms with Gasteiger partial charge in [-0.25, -0.2) is 4.98 Å². The number of benzene rings is 1. The summed E-state index contributed by atoms with van der Waals surface area (Å²) in [6, 6.07) is 11.0. The molecule has 1 aromatic carbocycles. The van der Waals surface area contributed by atoms with Crippen molar-refractivity contribution in [3.63, 3.8) is 0 Å². The van der Waals surface area contributed by atoms with Gasteiger partial charge in [-0.1, -0.05) is 0 Å². The van der Waals surface area contributed by atoms with Crippen LogP contribution in [0.3, 0.4) is 0 Å². The molecule has 2 N–H and O–H groups in total. The van der Waals surface area contributed by atoms with Crippen molar-refractivity contribution in [3.8, 4) is 17.0 Å². The number of phenolic OH excluding ortho intramolecular Hbond substituents is 1. The Morgan fingerprint density at radius 2 is 1.94 bits per heavy atom. The quantitative estimate of drug-likeness (QED) is 0.723. The van der Waals surface area contributed by atoms with E-state index in [-0.39, 0.29) is 5.75 Å². The molecule has 90 valence electrons. The zero-order chi connectivity index (χ0) is 12.5. The van der Waals surface area contributed by atoms with E-state index in [1.165, 1.54) is 0 Å². The lowest BCUT2D eigenvalue weighted by molar-refractivity contribution is 0.475. The molecule has 4 heteroatoms. The molecule has 0 saturated heterocycles. The van der Waals surface area contributed by atoms with Gasteiger partial charge in [0, 0.05) is 36.8 Å². The van der Waals surface area contributed by atoms with Crippen molar-refractivity contribution in [1.29, 1.82) is 0 Å². The number of fused-ring (bicyclic) bond motifs is 1. The number of pyridine rings is 1. The van der Waals surface area contributed by atoms with Crippen LogP contribution in [0.4, 0.5) is 5.69 Å². The van der Waals surface area contributed by atoms with Gasteiger partial charge in [-0.3, -0.25) is 0 Å². The molecule has 0 unspecified atom stereocenters. The summed E-state index contributed by atoms with van der Waals surface area (Å²) in [5, 5.41) is 12.4.